The molecule has 0 saturated carbocycles. The van der Waals surface area contributed by atoms with E-state index in [1.165, 1.54) is 12.1 Å². The summed E-state index contributed by atoms with van der Waals surface area (Å²) < 4.78 is 15.2. The SMILES string of the molecule is CC(=O)N1CCN(c2nc(NC(C)(C)Cc3ccc(F)cc3)c3cn(Cc4ccccc4Cl)c(O)c3n2)CC1. The first-order chi connectivity index (χ1) is 18.6. The number of piperazine rings is 1. The zero-order valence-electron chi connectivity index (χ0n) is 22.3. The minimum Gasteiger partial charge on any atom is -0.493 e. The lowest BCUT2D eigenvalue weighted by Gasteiger charge is -2.34. The molecule has 2 N–H and O–H groups in total. The Kier molecular flexibility index (Phi) is 7.36. The number of nitrogens with zero attached hydrogens (tertiary/aromatic N) is 5. The number of benzene rings is 2. The molecular formula is C29H32ClFN6O2. The second-order valence-electron chi connectivity index (χ2n) is 10.6. The highest BCUT2D eigenvalue weighted by Gasteiger charge is 2.26. The highest BCUT2D eigenvalue weighted by molar-refractivity contribution is 6.31. The summed E-state index contributed by atoms with van der Waals surface area (Å²) in [7, 11) is 0. The minimum absolute atomic E-state index is 0.0235. The Morgan fingerprint density at radius 3 is 2.44 bits per heavy atom. The molecule has 1 aliphatic rings. The minimum atomic E-state index is -0.454. The summed E-state index contributed by atoms with van der Waals surface area (Å²) in [6, 6.07) is 14.0. The molecule has 1 amide bonds. The van der Waals surface area contributed by atoms with Crippen molar-refractivity contribution in [2.75, 3.05) is 36.4 Å². The predicted molar refractivity (Wildman–Crippen MR) is 152 cm³/mol. The molecule has 0 bridgehead atoms. The number of halogens is 2. The van der Waals surface area contributed by atoms with Gasteiger partial charge in [-0.15, -0.1) is 0 Å². The highest BCUT2D eigenvalue weighted by Crippen LogP contribution is 2.35. The van der Waals surface area contributed by atoms with Crippen LogP contribution in [0.5, 0.6) is 5.88 Å². The number of hydrogen-bond acceptors (Lipinski definition) is 6. The number of carbonyl (C=O) groups excluding carboxylic acids is 1. The predicted octanol–water partition coefficient (Wildman–Crippen LogP) is 5.08. The second kappa shape index (κ2) is 10.7. The third-order valence-electron chi connectivity index (χ3n) is 7.03. The van der Waals surface area contributed by atoms with Crippen molar-refractivity contribution in [2.45, 2.75) is 39.3 Å². The van der Waals surface area contributed by atoms with Gasteiger partial charge >= 0.3 is 0 Å². The van der Waals surface area contributed by atoms with Gasteiger partial charge in [0, 0.05) is 49.9 Å². The standard InChI is InChI=1S/C29H32ClFN6O2/c1-19(38)35-12-14-36(15-13-35)28-32-25-23(18-37(27(25)39)17-21-6-4-5-7-24(21)30)26(33-28)34-29(2,3)16-20-8-10-22(31)11-9-20/h4-11,18,39H,12-17H2,1-3H3,(H,32,33,34). The fourth-order valence-corrected chi connectivity index (χ4v) is 5.16. The summed E-state index contributed by atoms with van der Waals surface area (Å²) in [4.78, 5) is 25.3. The lowest BCUT2D eigenvalue weighted by atomic mass is 9.95. The van der Waals surface area contributed by atoms with Crippen molar-refractivity contribution in [1.82, 2.24) is 19.4 Å². The van der Waals surface area contributed by atoms with E-state index in [2.05, 4.69) is 19.2 Å². The molecule has 39 heavy (non-hydrogen) atoms. The normalized spacial score (nSPS) is 14.2. The molecule has 204 valence electrons. The summed E-state index contributed by atoms with van der Waals surface area (Å²) in [5.74, 6) is 0.869. The summed E-state index contributed by atoms with van der Waals surface area (Å²) in [6.45, 7) is 8.38. The molecule has 0 aliphatic carbocycles. The number of aromatic hydroxyl groups is 1. The molecule has 1 fully saturated rings. The first kappa shape index (κ1) is 26.7. The number of rotatable bonds is 7. The van der Waals surface area contributed by atoms with Crippen molar-refractivity contribution in [3.63, 3.8) is 0 Å². The van der Waals surface area contributed by atoms with E-state index in [1.54, 1.807) is 28.5 Å². The van der Waals surface area contributed by atoms with Crippen molar-refractivity contribution in [3.8, 4) is 5.88 Å². The number of carbonyl (C=O) groups is 1. The van der Waals surface area contributed by atoms with E-state index >= 15 is 0 Å². The zero-order chi connectivity index (χ0) is 27.7. The molecule has 8 nitrogen and oxygen atoms in total. The molecule has 4 aromatic rings. The van der Waals surface area contributed by atoms with Crippen LogP contribution in [0.25, 0.3) is 10.9 Å². The van der Waals surface area contributed by atoms with Crippen molar-refractivity contribution in [3.05, 3.63) is 76.7 Å². The number of anilines is 2. The monoisotopic (exact) mass is 550 g/mol. The largest absolute Gasteiger partial charge is 0.493 e. The smallest absolute Gasteiger partial charge is 0.228 e. The fourth-order valence-electron chi connectivity index (χ4n) is 4.97. The van der Waals surface area contributed by atoms with Crippen LogP contribution in [0.15, 0.2) is 54.7 Å². The molecule has 1 saturated heterocycles. The van der Waals surface area contributed by atoms with Crippen LogP contribution in [0.1, 0.15) is 31.9 Å². The Balaban J connectivity index is 1.52. The van der Waals surface area contributed by atoms with Crippen LogP contribution in [0, 0.1) is 5.82 Å². The van der Waals surface area contributed by atoms with Crippen LogP contribution >= 0.6 is 11.6 Å². The number of fused-ring (bicyclic) bond motifs is 1. The van der Waals surface area contributed by atoms with E-state index in [-0.39, 0.29) is 17.6 Å². The molecule has 0 unspecified atom stereocenters. The third kappa shape index (κ3) is 5.93. The van der Waals surface area contributed by atoms with Crippen molar-refractivity contribution < 1.29 is 14.3 Å². The Morgan fingerprint density at radius 2 is 1.77 bits per heavy atom. The van der Waals surface area contributed by atoms with Crippen molar-refractivity contribution in [1.29, 1.82) is 0 Å². The first-order valence-corrected chi connectivity index (χ1v) is 13.3. The van der Waals surface area contributed by atoms with Gasteiger partial charge in [-0.05, 0) is 49.6 Å². The van der Waals surface area contributed by atoms with Crippen LogP contribution in [0.4, 0.5) is 16.2 Å². The van der Waals surface area contributed by atoms with Gasteiger partial charge in [-0.2, -0.15) is 4.98 Å². The number of nitrogens with one attached hydrogen (secondary N) is 1. The van der Waals surface area contributed by atoms with Gasteiger partial charge in [0.1, 0.15) is 17.2 Å². The average molecular weight is 551 g/mol. The number of aromatic nitrogens is 3. The van der Waals surface area contributed by atoms with Gasteiger partial charge in [0.25, 0.3) is 0 Å². The van der Waals surface area contributed by atoms with Crippen molar-refractivity contribution >= 4 is 40.2 Å². The molecule has 2 aromatic carbocycles. The van der Waals surface area contributed by atoms with Crippen molar-refractivity contribution in [2.24, 2.45) is 0 Å². The summed E-state index contributed by atoms with van der Waals surface area (Å²) in [5.41, 5.74) is 1.83. The average Bonchev–Trinajstić information content (AvgIpc) is 3.22. The molecule has 1 aliphatic heterocycles. The highest BCUT2D eigenvalue weighted by atomic mass is 35.5. The third-order valence-corrected chi connectivity index (χ3v) is 7.39. The molecule has 0 spiro atoms. The quantitative estimate of drug-likeness (QED) is 0.334. The van der Waals surface area contributed by atoms with Gasteiger partial charge < -0.3 is 24.8 Å². The van der Waals surface area contributed by atoms with Gasteiger partial charge in [-0.25, -0.2) is 9.37 Å². The number of hydrogen-bond donors (Lipinski definition) is 2. The maximum Gasteiger partial charge on any atom is 0.228 e. The van der Waals surface area contributed by atoms with Crippen LogP contribution in [0.2, 0.25) is 5.02 Å². The Hall–Kier alpha value is -3.85. The lowest BCUT2D eigenvalue weighted by Crippen LogP contribution is -2.48. The van der Waals surface area contributed by atoms with Crippen LogP contribution < -0.4 is 10.2 Å². The second-order valence-corrected chi connectivity index (χ2v) is 11.0. The molecule has 2 aromatic heterocycles. The van der Waals surface area contributed by atoms with Gasteiger partial charge in [0.2, 0.25) is 17.7 Å². The van der Waals surface area contributed by atoms with E-state index < -0.39 is 5.54 Å². The van der Waals surface area contributed by atoms with E-state index in [4.69, 9.17) is 21.6 Å². The van der Waals surface area contributed by atoms with E-state index in [9.17, 15) is 14.3 Å². The first-order valence-electron chi connectivity index (χ1n) is 13.0. The van der Waals surface area contributed by atoms with Gasteiger partial charge in [0.05, 0.1) is 11.9 Å². The van der Waals surface area contributed by atoms with Crippen LogP contribution in [-0.4, -0.2) is 62.2 Å². The molecule has 0 atom stereocenters. The maximum atomic E-state index is 13.5. The summed E-state index contributed by atoms with van der Waals surface area (Å²) >= 11 is 6.40. The Labute approximate surface area is 232 Å². The van der Waals surface area contributed by atoms with Crippen LogP contribution in [-0.2, 0) is 17.8 Å². The summed E-state index contributed by atoms with van der Waals surface area (Å²) in [5, 5.41) is 16.1. The van der Waals surface area contributed by atoms with E-state index in [0.717, 1.165) is 11.1 Å². The Morgan fingerprint density at radius 1 is 1.08 bits per heavy atom. The van der Waals surface area contributed by atoms with Crippen LogP contribution in [0.3, 0.4) is 0 Å². The number of amides is 1. The van der Waals surface area contributed by atoms with Gasteiger partial charge in [-0.3, -0.25) is 4.79 Å². The maximum absolute atomic E-state index is 13.5. The fraction of sp³-hybridized carbons (Fsp3) is 0.345. The summed E-state index contributed by atoms with van der Waals surface area (Å²) in [6.07, 6.45) is 2.46. The molecule has 3 heterocycles. The van der Waals surface area contributed by atoms with E-state index in [0.29, 0.717) is 66.8 Å². The molecule has 0 radical (unpaired) electrons. The topological polar surface area (TPSA) is 86.5 Å². The molecule has 10 heteroatoms. The molecular weight excluding hydrogens is 519 g/mol. The van der Waals surface area contributed by atoms with Gasteiger partial charge in [0.15, 0.2) is 0 Å². The zero-order valence-corrected chi connectivity index (χ0v) is 23.0. The Bertz CT molecular complexity index is 1500. The lowest BCUT2D eigenvalue weighted by molar-refractivity contribution is -0.129. The van der Waals surface area contributed by atoms with Gasteiger partial charge in [-0.1, -0.05) is 41.9 Å². The molecule has 5 rings (SSSR count). The van der Waals surface area contributed by atoms with E-state index in [1.807, 2.05) is 35.4 Å².